The van der Waals surface area contributed by atoms with E-state index in [2.05, 4.69) is 20.8 Å². The molecule has 0 amide bonds. The minimum atomic E-state index is -0.256. The number of Topliss-reactive ketones (excluding diaryl/α,β-unsaturated/α-hetero) is 1. The van der Waals surface area contributed by atoms with Crippen LogP contribution >= 0.6 is 11.6 Å². The maximum atomic E-state index is 12.4. The fraction of sp³-hybridized carbons (Fsp3) is 0.588. The molecule has 110 valence electrons. The van der Waals surface area contributed by atoms with Crippen LogP contribution in [-0.4, -0.2) is 12.9 Å². The summed E-state index contributed by atoms with van der Waals surface area (Å²) in [6.07, 6.45) is 2.75. The molecule has 1 aliphatic carbocycles. The maximum Gasteiger partial charge on any atom is 0.137 e. The summed E-state index contributed by atoms with van der Waals surface area (Å²) < 4.78 is 5.46. The Hall–Kier alpha value is -1.02. The number of hydrogen-bond donors (Lipinski definition) is 0. The molecular weight excluding hydrogens is 272 g/mol. The van der Waals surface area contributed by atoms with Crippen molar-refractivity contribution in [3.05, 3.63) is 28.8 Å². The lowest BCUT2D eigenvalue weighted by molar-refractivity contribution is -0.128. The third kappa shape index (κ3) is 2.85. The van der Waals surface area contributed by atoms with E-state index in [-0.39, 0.29) is 11.3 Å². The highest BCUT2D eigenvalue weighted by Crippen LogP contribution is 2.44. The number of ether oxygens (including phenoxy) is 1. The predicted molar refractivity (Wildman–Crippen MR) is 82.5 cm³/mol. The predicted octanol–water partition coefficient (Wildman–Crippen LogP) is 4.63. The average Bonchev–Trinajstić information content (AvgIpc) is 2.38. The van der Waals surface area contributed by atoms with Crippen LogP contribution in [0.1, 0.15) is 45.6 Å². The monoisotopic (exact) mass is 294 g/mol. The van der Waals surface area contributed by atoms with Crippen LogP contribution in [0, 0.1) is 11.8 Å². The van der Waals surface area contributed by atoms with Gasteiger partial charge in [0.2, 0.25) is 0 Å². The summed E-state index contributed by atoms with van der Waals surface area (Å²) in [5.41, 5.74) is 0.772. The van der Waals surface area contributed by atoms with Gasteiger partial charge < -0.3 is 4.74 Å². The van der Waals surface area contributed by atoms with Crippen molar-refractivity contribution in [1.82, 2.24) is 0 Å². The summed E-state index contributed by atoms with van der Waals surface area (Å²) in [6.45, 7) is 6.40. The summed E-state index contributed by atoms with van der Waals surface area (Å²) in [7, 11) is 1.66. The highest BCUT2D eigenvalue weighted by molar-refractivity contribution is 6.30. The zero-order valence-electron chi connectivity index (χ0n) is 12.7. The lowest BCUT2D eigenvalue weighted by atomic mass is 9.65. The number of halogens is 1. The van der Waals surface area contributed by atoms with E-state index in [4.69, 9.17) is 16.3 Å². The zero-order chi connectivity index (χ0) is 14.9. The number of ketones is 1. The molecule has 1 saturated carbocycles. The summed E-state index contributed by atoms with van der Waals surface area (Å²) in [4.78, 5) is 12.4. The van der Waals surface area contributed by atoms with Crippen molar-refractivity contribution in [3.8, 4) is 5.75 Å². The Morgan fingerprint density at radius 1 is 1.30 bits per heavy atom. The topological polar surface area (TPSA) is 26.3 Å². The van der Waals surface area contributed by atoms with E-state index in [1.54, 1.807) is 7.11 Å². The van der Waals surface area contributed by atoms with Gasteiger partial charge in [0.05, 0.1) is 7.11 Å². The summed E-state index contributed by atoms with van der Waals surface area (Å²) >= 11 is 6.14. The van der Waals surface area contributed by atoms with Crippen molar-refractivity contribution >= 4 is 17.4 Å². The Morgan fingerprint density at radius 2 is 2.00 bits per heavy atom. The van der Waals surface area contributed by atoms with Crippen LogP contribution in [0.15, 0.2) is 18.2 Å². The van der Waals surface area contributed by atoms with E-state index in [9.17, 15) is 4.79 Å². The van der Waals surface area contributed by atoms with Crippen LogP contribution in [0.2, 0.25) is 5.02 Å². The Bertz CT molecular complexity index is 508. The molecule has 2 atom stereocenters. The second kappa shape index (κ2) is 5.77. The summed E-state index contributed by atoms with van der Waals surface area (Å²) in [5, 5.41) is 0.686. The fourth-order valence-corrected chi connectivity index (χ4v) is 3.51. The first-order valence-corrected chi connectivity index (χ1v) is 7.60. The quantitative estimate of drug-likeness (QED) is 0.812. The molecule has 0 bridgehead atoms. The number of carbonyl (C=O) groups is 1. The lowest BCUT2D eigenvalue weighted by Gasteiger charge is -2.38. The molecule has 0 radical (unpaired) electrons. The van der Waals surface area contributed by atoms with Crippen LogP contribution in [0.25, 0.3) is 0 Å². The Kier molecular flexibility index (Phi) is 4.43. The number of benzene rings is 1. The molecule has 0 N–H and O–H groups in total. The van der Waals surface area contributed by atoms with E-state index >= 15 is 0 Å². The van der Waals surface area contributed by atoms with Crippen molar-refractivity contribution in [1.29, 1.82) is 0 Å². The smallest absolute Gasteiger partial charge is 0.137 e. The van der Waals surface area contributed by atoms with Crippen LogP contribution in [0.3, 0.4) is 0 Å². The molecule has 3 heteroatoms. The number of methoxy groups -OCH3 is 1. The molecule has 0 saturated heterocycles. The minimum Gasteiger partial charge on any atom is -0.496 e. The SMILES string of the molecule is COc1ccc(Cl)cc1C(C)(C)C1CCC(C)CC1=O. The second-order valence-electron chi connectivity index (χ2n) is 6.47. The number of hydrogen-bond acceptors (Lipinski definition) is 2. The van der Waals surface area contributed by atoms with Gasteiger partial charge in [-0.2, -0.15) is 0 Å². The van der Waals surface area contributed by atoms with Crippen molar-refractivity contribution in [2.75, 3.05) is 7.11 Å². The second-order valence-corrected chi connectivity index (χ2v) is 6.91. The van der Waals surface area contributed by atoms with Crippen molar-refractivity contribution in [2.24, 2.45) is 11.8 Å². The molecule has 2 rings (SSSR count). The molecule has 0 aliphatic heterocycles. The van der Waals surface area contributed by atoms with E-state index in [0.29, 0.717) is 23.1 Å². The first kappa shape index (κ1) is 15.4. The van der Waals surface area contributed by atoms with Crippen LogP contribution in [0.5, 0.6) is 5.75 Å². The van der Waals surface area contributed by atoms with Gasteiger partial charge in [0.1, 0.15) is 11.5 Å². The first-order chi connectivity index (χ1) is 9.36. The van der Waals surface area contributed by atoms with Gasteiger partial charge in [-0.25, -0.2) is 0 Å². The molecule has 1 fully saturated rings. The minimum absolute atomic E-state index is 0.0473. The molecule has 2 nitrogen and oxygen atoms in total. The van der Waals surface area contributed by atoms with E-state index in [1.807, 2.05) is 18.2 Å². The zero-order valence-corrected chi connectivity index (χ0v) is 13.5. The third-order valence-corrected chi connectivity index (χ3v) is 4.85. The van der Waals surface area contributed by atoms with E-state index in [0.717, 1.165) is 24.2 Å². The molecule has 20 heavy (non-hydrogen) atoms. The molecule has 2 unspecified atom stereocenters. The molecule has 1 aliphatic rings. The van der Waals surface area contributed by atoms with Gasteiger partial charge in [-0.15, -0.1) is 0 Å². The summed E-state index contributed by atoms with van der Waals surface area (Å²) in [6, 6.07) is 5.64. The highest BCUT2D eigenvalue weighted by Gasteiger charge is 2.40. The van der Waals surface area contributed by atoms with Crippen LogP contribution < -0.4 is 4.74 Å². The fourth-order valence-electron chi connectivity index (χ4n) is 3.33. The van der Waals surface area contributed by atoms with Gasteiger partial charge in [-0.1, -0.05) is 32.4 Å². The number of rotatable bonds is 3. The molecule has 0 spiro atoms. The van der Waals surface area contributed by atoms with Crippen LogP contribution in [0.4, 0.5) is 0 Å². The largest absolute Gasteiger partial charge is 0.496 e. The van der Waals surface area contributed by atoms with Crippen LogP contribution in [-0.2, 0) is 10.2 Å². The molecular formula is C17H23ClO2. The molecule has 1 aromatic carbocycles. The standard InChI is InChI=1S/C17H23ClO2/c1-11-5-7-13(15(19)9-11)17(2,3)14-10-12(18)6-8-16(14)20-4/h6,8,10-11,13H,5,7,9H2,1-4H3. The molecule has 0 heterocycles. The van der Waals surface area contributed by atoms with E-state index in [1.165, 1.54) is 0 Å². The van der Waals surface area contributed by atoms with Gasteiger partial charge in [-0.3, -0.25) is 4.79 Å². The highest BCUT2D eigenvalue weighted by atomic mass is 35.5. The Balaban J connectivity index is 2.39. The van der Waals surface area contributed by atoms with Gasteiger partial charge >= 0.3 is 0 Å². The maximum absolute atomic E-state index is 12.4. The Morgan fingerprint density at radius 3 is 2.60 bits per heavy atom. The van der Waals surface area contributed by atoms with Crippen molar-refractivity contribution in [3.63, 3.8) is 0 Å². The normalized spacial score (nSPS) is 23.8. The Labute approximate surface area is 126 Å². The summed E-state index contributed by atoms with van der Waals surface area (Å²) in [5.74, 6) is 1.74. The third-order valence-electron chi connectivity index (χ3n) is 4.61. The van der Waals surface area contributed by atoms with Gasteiger partial charge in [0, 0.05) is 28.3 Å². The number of carbonyl (C=O) groups excluding carboxylic acids is 1. The van der Waals surface area contributed by atoms with Gasteiger partial charge in [-0.05, 0) is 37.0 Å². The van der Waals surface area contributed by atoms with E-state index < -0.39 is 0 Å². The molecule has 1 aromatic rings. The van der Waals surface area contributed by atoms with Gasteiger partial charge in [0.15, 0.2) is 0 Å². The van der Waals surface area contributed by atoms with Crippen molar-refractivity contribution < 1.29 is 9.53 Å². The lowest BCUT2D eigenvalue weighted by Crippen LogP contribution is -2.38. The van der Waals surface area contributed by atoms with Gasteiger partial charge in [0.25, 0.3) is 0 Å². The average molecular weight is 295 g/mol. The molecule has 0 aromatic heterocycles. The van der Waals surface area contributed by atoms with Crippen molar-refractivity contribution in [2.45, 2.75) is 45.4 Å². The first-order valence-electron chi connectivity index (χ1n) is 7.23.